The third-order valence-corrected chi connectivity index (χ3v) is 3.09. The van der Waals surface area contributed by atoms with Crippen molar-refractivity contribution in [2.45, 2.75) is 26.7 Å². The standard InChI is InChI=1S/C15H20N4O2/c1-9(2)13-14(19-16)17-8-18-15(13)21-11-6-5-10(3)7-12(11)20-4/h5-9H,16H2,1-4H3,(H,17,18,19). The number of nitrogen functional groups attached to an aromatic ring is 1. The van der Waals surface area contributed by atoms with Gasteiger partial charge >= 0.3 is 0 Å². The molecule has 0 aliphatic heterocycles. The van der Waals surface area contributed by atoms with Crippen LogP contribution in [0.2, 0.25) is 0 Å². The lowest BCUT2D eigenvalue weighted by molar-refractivity contribution is 0.371. The highest BCUT2D eigenvalue weighted by molar-refractivity contribution is 5.52. The minimum atomic E-state index is 0.156. The number of rotatable bonds is 5. The molecule has 3 N–H and O–H groups in total. The molecule has 0 radical (unpaired) electrons. The average Bonchev–Trinajstić information content (AvgIpc) is 2.48. The summed E-state index contributed by atoms with van der Waals surface area (Å²) in [6, 6.07) is 5.72. The van der Waals surface area contributed by atoms with Crippen molar-refractivity contribution in [2.24, 2.45) is 5.84 Å². The van der Waals surface area contributed by atoms with Gasteiger partial charge in [-0.15, -0.1) is 0 Å². The quantitative estimate of drug-likeness (QED) is 0.650. The molecule has 112 valence electrons. The number of anilines is 1. The molecule has 0 saturated heterocycles. The maximum Gasteiger partial charge on any atom is 0.228 e. The highest BCUT2D eigenvalue weighted by Crippen LogP contribution is 2.36. The van der Waals surface area contributed by atoms with E-state index < -0.39 is 0 Å². The lowest BCUT2D eigenvalue weighted by Gasteiger charge is -2.16. The largest absolute Gasteiger partial charge is 0.493 e. The van der Waals surface area contributed by atoms with Crippen LogP contribution in [0.25, 0.3) is 0 Å². The first kappa shape index (κ1) is 15.1. The number of aryl methyl sites for hydroxylation is 1. The van der Waals surface area contributed by atoms with Gasteiger partial charge in [0.2, 0.25) is 5.88 Å². The Bertz CT molecular complexity index is 629. The second kappa shape index (κ2) is 6.41. The highest BCUT2D eigenvalue weighted by atomic mass is 16.5. The van der Waals surface area contributed by atoms with Gasteiger partial charge in [0, 0.05) is 0 Å². The van der Waals surface area contributed by atoms with Crippen LogP contribution in [0.15, 0.2) is 24.5 Å². The minimum Gasteiger partial charge on any atom is -0.493 e. The van der Waals surface area contributed by atoms with E-state index in [1.165, 1.54) is 6.33 Å². The molecule has 0 unspecified atom stereocenters. The van der Waals surface area contributed by atoms with Crippen molar-refractivity contribution in [3.63, 3.8) is 0 Å². The second-order valence-electron chi connectivity index (χ2n) is 5.00. The number of nitrogens with zero attached hydrogens (tertiary/aromatic N) is 2. The van der Waals surface area contributed by atoms with Crippen molar-refractivity contribution in [3.05, 3.63) is 35.7 Å². The van der Waals surface area contributed by atoms with Crippen LogP contribution in [0.5, 0.6) is 17.4 Å². The Morgan fingerprint density at radius 2 is 1.95 bits per heavy atom. The van der Waals surface area contributed by atoms with Crippen molar-refractivity contribution in [1.82, 2.24) is 9.97 Å². The third kappa shape index (κ3) is 3.22. The first-order chi connectivity index (χ1) is 10.1. The monoisotopic (exact) mass is 288 g/mol. The van der Waals surface area contributed by atoms with Gasteiger partial charge in [-0.3, -0.25) is 0 Å². The number of hydrazine groups is 1. The molecule has 0 bridgehead atoms. The van der Waals surface area contributed by atoms with E-state index in [0.717, 1.165) is 11.1 Å². The van der Waals surface area contributed by atoms with Crippen molar-refractivity contribution in [1.29, 1.82) is 0 Å². The SMILES string of the molecule is COc1cc(C)ccc1Oc1ncnc(NN)c1C(C)C. The second-order valence-corrected chi connectivity index (χ2v) is 5.00. The molecule has 2 rings (SSSR count). The molecule has 0 aliphatic carbocycles. The number of nitrogens with two attached hydrogens (primary N) is 1. The van der Waals surface area contributed by atoms with Gasteiger partial charge in [-0.1, -0.05) is 19.9 Å². The molecule has 1 heterocycles. The Balaban J connectivity index is 2.44. The number of methoxy groups -OCH3 is 1. The smallest absolute Gasteiger partial charge is 0.228 e. The van der Waals surface area contributed by atoms with E-state index in [0.29, 0.717) is 23.2 Å². The fourth-order valence-electron chi connectivity index (χ4n) is 2.06. The van der Waals surface area contributed by atoms with Gasteiger partial charge in [-0.05, 0) is 30.5 Å². The molecule has 1 aromatic heterocycles. The van der Waals surface area contributed by atoms with Crippen LogP contribution in [-0.2, 0) is 0 Å². The van der Waals surface area contributed by atoms with E-state index in [1.54, 1.807) is 7.11 Å². The molecule has 0 saturated carbocycles. The first-order valence-corrected chi connectivity index (χ1v) is 6.70. The zero-order valence-electron chi connectivity index (χ0n) is 12.7. The molecule has 1 aromatic carbocycles. The van der Waals surface area contributed by atoms with E-state index >= 15 is 0 Å². The summed E-state index contributed by atoms with van der Waals surface area (Å²) in [6.07, 6.45) is 1.41. The van der Waals surface area contributed by atoms with Crippen LogP contribution in [0.4, 0.5) is 5.82 Å². The summed E-state index contributed by atoms with van der Waals surface area (Å²) in [5.74, 6) is 7.95. The normalized spacial score (nSPS) is 10.6. The number of ether oxygens (including phenoxy) is 2. The Labute approximate surface area is 124 Å². The van der Waals surface area contributed by atoms with Crippen LogP contribution in [0.1, 0.15) is 30.9 Å². The van der Waals surface area contributed by atoms with Gasteiger partial charge in [0.1, 0.15) is 6.33 Å². The number of nitrogens with one attached hydrogen (secondary N) is 1. The molecule has 0 atom stereocenters. The molecule has 6 nitrogen and oxygen atoms in total. The predicted octanol–water partition coefficient (Wildman–Crippen LogP) is 2.99. The van der Waals surface area contributed by atoms with Crippen LogP contribution in [0, 0.1) is 6.92 Å². The van der Waals surface area contributed by atoms with Gasteiger partial charge < -0.3 is 14.9 Å². The van der Waals surface area contributed by atoms with Gasteiger partial charge in [0.05, 0.1) is 12.7 Å². The molecule has 0 amide bonds. The fraction of sp³-hybridized carbons (Fsp3) is 0.333. The molecule has 0 aliphatic rings. The summed E-state index contributed by atoms with van der Waals surface area (Å²) in [5.41, 5.74) is 4.49. The van der Waals surface area contributed by atoms with Crippen molar-refractivity contribution < 1.29 is 9.47 Å². The molecule has 0 fully saturated rings. The number of aromatic nitrogens is 2. The number of hydrogen-bond acceptors (Lipinski definition) is 6. The van der Waals surface area contributed by atoms with Crippen LogP contribution in [-0.4, -0.2) is 17.1 Å². The lowest BCUT2D eigenvalue weighted by atomic mass is 10.1. The first-order valence-electron chi connectivity index (χ1n) is 6.70. The van der Waals surface area contributed by atoms with Crippen LogP contribution in [0.3, 0.4) is 0 Å². The van der Waals surface area contributed by atoms with Crippen molar-refractivity contribution in [3.8, 4) is 17.4 Å². The van der Waals surface area contributed by atoms with Gasteiger partial charge in [-0.25, -0.2) is 15.8 Å². The Hall–Kier alpha value is -2.34. The van der Waals surface area contributed by atoms with E-state index in [2.05, 4.69) is 15.4 Å². The fourth-order valence-corrected chi connectivity index (χ4v) is 2.06. The lowest BCUT2D eigenvalue weighted by Crippen LogP contribution is -2.13. The van der Waals surface area contributed by atoms with E-state index in [1.807, 2.05) is 39.0 Å². The predicted molar refractivity (Wildman–Crippen MR) is 81.7 cm³/mol. The molecule has 0 spiro atoms. The molecule has 6 heteroatoms. The summed E-state index contributed by atoms with van der Waals surface area (Å²) < 4.78 is 11.3. The Morgan fingerprint density at radius 3 is 2.57 bits per heavy atom. The van der Waals surface area contributed by atoms with Crippen LogP contribution < -0.4 is 20.7 Å². The zero-order valence-corrected chi connectivity index (χ0v) is 12.7. The van der Waals surface area contributed by atoms with Gasteiger partial charge in [0.15, 0.2) is 17.3 Å². The van der Waals surface area contributed by atoms with Gasteiger partial charge in [-0.2, -0.15) is 0 Å². The van der Waals surface area contributed by atoms with Crippen LogP contribution >= 0.6 is 0 Å². The summed E-state index contributed by atoms with van der Waals surface area (Å²) in [4.78, 5) is 8.34. The topological polar surface area (TPSA) is 82.3 Å². The molecule has 21 heavy (non-hydrogen) atoms. The van der Waals surface area contributed by atoms with Gasteiger partial charge in [0.25, 0.3) is 0 Å². The number of hydrogen-bond donors (Lipinski definition) is 2. The highest BCUT2D eigenvalue weighted by Gasteiger charge is 2.17. The molecule has 2 aromatic rings. The Kier molecular flexibility index (Phi) is 4.59. The van der Waals surface area contributed by atoms with Crippen molar-refractivity contribution in [2.75, 3.05) is 12.5 Å². The third-order valence-electron chi connectivity index (χ3n) is 3.09. The average molecular weight is 288 g/mol. The maximum absolute atomic E-state index is 5.92. The summed E-state index contributed by atoms with van der Waals surface area (Å²) in [6.45, 7) is 6.05. The van der Waals surface area contributed by atoms with Crippen molar-refractivity contribution >= 4 is 5.82 Å². The number of benzene rings is 1. The molecular formula is C15H20N4O2. The Morgan fingerprint density at radius 1 is 1.19 bits per heavy atom. The minimum absolute atomic E-state index is 0.156. The summed E-state index contributed by atoms with van der Waals surface area (Å²) in [5, 5.41) is 0. The maximum atomic E-state index is 5.92. The zero-order chi connectivity index (χ0) is 15.4. The summed E-state index contributed by atoms with van der Waals surface area (Å²) >= 11 is 0. The summed E-state index contributed by atoms with van der Waals surface area (Å²) in [7, 11) is 1.61. The van der Waals surface area contributed by atoms with E-state index in [4.69, 9.17) is 15.3 Å². The van der Waals surface area contributed by atoms with E-state index in [-0.39, 0.29) is 5.92 Å². The molecular weight excluding hydrogens is 268 g/mol. The van der Waals surface area contributed by atoms with E-state index in [9.17, 15) is 0 Å².